The highest BCUT2D eigenvalue weighted by atomic mass is 16.5. The van der Waals surface area contributed by atoms with Crippen LogP contribution >= 0.6 is 0 Å². The van der Waals surface area contributed by atoms with Gasteiger partial charge >= 0.3 is 5.69 Å². The van der Waals surface area contributed by atoms with E-state index in [0.29, 0.717) is 5.56 Å². The number of hydrogen-bond acceptors (Lipinski definition) is 5. The maximum Gasteiger partial charge on any atom is 0.330 e. The van der Waals surface area contributed by atoms with Crippen LogP contribution in [0.5, 0.6) is 0 Å². The molecule has 0 unspecified atom stereocenters. The van der Waals surface area contributed by atoms with Gasteiger partial charge in [-0.3, -0.25) is 14.3 Å². The normalized spacial score (nSPS) is 24.6. The molecule has 1 saturated heterocycles. The SMILES string of the molecule is CCCCC/C=C/c1cn([C@H]2C[C@@H](O)[C@@H](CO)O2)c(=O)[nH]c1=O. The Bertz CT molecular complexity index is 649. The van der Waals surface area contributed by atoms with Gasteiger partial charge in [0, 0.05) is 12.6 Å². The summed E-state index contributed by atoms with van der Waals surface area (Å²) < 4.78 is 6.71. The second-order valence-corrected chi connectivity index (χ2v) is 5.76. The van der Waals surface area contributed by atoms with Gasteiger partial charge in [-0.05, 0) is 12.8 Å². The Balaban J connectivity index is 2.17. The molecule has 3 atom stereocenters. The lowest BCUT2D eigenvalue weighted by Crippen LogP contribution is -2.33. The fourth-order valence-corrected chi connectivity index (χ4v) is 2.61. The van der Waals surface area contributed by atoms with Crippen LogP contribution in [-0.2, 0) is 4.74 Å². The van der Waals surface area contributed by atoms with Crippen LogP contribution in [0.2, 0.25) is 0 Å². The van der Waals surface area contributed by atoms with Gasteiger partial charge < -0.3 is 14.9 Å². The molecule has 3 N–H and O–H groups in total. The number of aromatic amines is 1. The molecule has 2 heterocycles. The van der Waals surface area contributed by atoms with Gasteiger partial charge in [0.15, 0.2) is 0 Å². The zero-order chi connectivity index (χ0) is 16.8. The average Bonchev–Trinajstić information content (AvgIpc) is 2.89. The summed E-state index contributed by atoms with van der Waals surface area (Å²) in [5.41, 5.74) is -0.671. The molecule has 1 fully saturated rings. The van der Waals surface area contributed by atoms with Crippen molar-refractivity contribution < 1.29 is 14.9 Å². The molecule has 1 aromatic rings. The molecule has 0 aliphatic carbocycles. The molecule has 1 aromatic heterocycles. The van der Waals surface area contributed by atoms with Crippen LogP contribution in [0.4, 0.5) is 0 Å². The molecule has 0 aromatic carbocycles. The van der Waals surface area contributed by atoms with Crippen LogP contribution < -0.4 is 11.2 Å². The van der Waals surface area contributed by atoms with E-state index in [0.717, 1.165) is 25.7 Å². The first-order valence-corrected chi connectivity index (χ1v) is 8.03. The standard InChI is InChI=1S/C16H24N2O5/c1-2-3-4-5-6-7-11-9-18(16(22)17-15(11)21)14-8-12(20)13(10-19)23-14/h6-7,9,12-14,19-20H,2-5,8,10H2,1H3,(H,17,21,22)/b7-6+/t12-,13-,14-/m1/s1. The second-order valence-electron chi connectivity index (χ2n) is 5.76. The van der Waals surface area contributed by atoms with Gasteiger partial charge in [0.25, 0.3) is 5.56 Å². The smallest absolute Gasteiger partial charge is 0.330 e. The van der Waals surface area contributed by atoms with E-state index in [2.05, 4.69) is 11.9 Å². The first kappa shape index (κ1) is 17.7. The number of allylic oxidation sites excluding steroid dienone is 1. The van der Waals surface area contributed by atoms with E-state index in [1.165, 1.54) is 10.8 Å². The highest BCUT2D eigenvalue weighted by molar-refractivity contribution is 5.46. The second kappa shape index (κ2) is 8.24. The zero-order valence-electron chi connectivity index (χ0n) is 13.3. The molecular weight excluding hydrogens is 300 g/mol. The van der Waals surface area contributed by atoms with Crippen molar-refractivity contribution in [3.05, 3.63) is 38.7 Å². The monoisotopic (exact) mass is 324 g/mol. The number of nitrogens with one attached hydrogen (secondary N) is 1. The highest BCUT2D eigenvalue weighted by Gasteiger charge is 2.35. The Morgan fingerprint density at radius 3 is 2.87 bits per heavy atom. The maximum atomic E-state index is 12.0. The van der Waals surface area contributed by atoms with Crippen LogP contribution in [0.15, 0.2) is 21.9 Å². The number of H-pyrrole nitrogens is 1. The third-order valence-corrected chi connectivity index (χ3v) is 3.96. The van der Waals surface area contributed by atoms with E-state index in [1.54, 1.807) is 6.08 Å². The Hall–Kier alpha value is -1.70. The molecule has 0 amide bonds. The Kier molecular flexibility index (Phi) is 6.32. The van der Waals surface area contributed by atoms with Gasteiger partial charge in [0.2, 0.25) is 0 Å². The van der Waals surface area contributed by atoms with E-state index in [9.17, 15) is 14.7 Å². The molecule has 7 heteroatoms. The van der Waals surface area contributed by atoms with Crippen molar-refractivity contribution in [1.82, 2.24) is 9.55 Å². The lowest BCUT2D eigenvalue weighted by atomic mass is 10.2. The predicted octanol–water partition coefficient (Wildman–Crippen LogP) is 0.771. The summed E-state index contributed by atoms with van der Waals surface area (Å²) in [5.74, 6) is 0. The Morgan fingerprint density at radius 1 is 1.43 bits per heavy atom. The summed E-state index contributed by atoms with van der Waals surface area (Å²) in [7, 11) is 0. The fourth-order valence-electron chi connectivity index (χ4n) is 2.61. The van der Waals surface area contributed by atoms with Crippen molar-refractivity contribution in [2.75, 3.05) is 6.61 Å². The van der Waals surface area contributed by atoms with Crippen molar-refractivity contribution in [3.63, 3.8) is 0 Å². The van der Waals surface area contributed by atoms with E-state index in [-0.39, 0.29) is 13.0 Å². The fraction of sp³-hybridized carbons (Fsp3) is 0.625. The number of rotatable bonds is 7. The highest BCUT2D eigenvalue weighted by Crippen LogP contribution is 2.27. The van der Waals surface area contributed by atoms with Crippen molar-refractivity contribution in [1.29, 1.82) is 0 Å². The van der Waals surface area contributed by atoms with E-state index < -0.39 is 29.7 Å². The molecule has 128 valence electrons. The lowest BCUT2D eigenvalue weighted by Gasteiger charge is -2.14. The molecule has 23 heavy (non-hydrogen) atoms. The minimum absolute atomic E-state index is 0.191. The number of nitrogens with zero attached hydrogens (tertiary/aromatic N) is 1. The van der Waals surface area contributed by atoms with Gasteiger partial charge in [0.05, 0.1) is 18.3 Å². The molecular formula is C16H24N2O5. The van der Waals surface area contributed by atoms with Crippen LogP contribution in [-0.4, -0.2) is 38.6 Å². The average molecular weight is 324 g/mol. The van der Waals surface area contributed by atoms with Gasteiger partial charge in [0.1, 0.15) is 12.3 Å². The van der Waals surface area contributed by atoms with Gasteiger partial charge in [-0.1, -0.05) is 31.9 Å². The first-order chi connectivity index (χ1) is 11.1. The van der Waals surface area contributed by atoms with Gasteiger partial charge in [-0.25, -0.2) is 4.79 Å². The quantitative estimate of drug-likeness (QED) is 0.643. The van der Waals surface area contributed by atoms with Gasteiger partial charge in [-0.15, -0.1) is 0 Å². The summed E-state index contributed by atoms with van der Waals surface area (Å²) in [6, 6.07) is 0. The molecule has 0 radical (unpaired) electrons. The Morgan fingerprint density at radius 2 is 2.22 bits per heavy atom. The molecule has 0 bridgehead atoms. The maximum absolute atomic E-state index is 12.0. The number of ether oxygens (including phenoxy) is 1. The first-order valence-electron chi connectivity index (χ1n) is 8.03. The van der Waals surface area contributed by atoms with Crippen LogP contribution in [0.1, 0.15) is 50.8 Å². The summed E-state index contributed by atoms with van der Waals surface area (Å²) in [4.78, 5) is 26.1. The van der Waals surface area contributed by atoms with Crippen LogP contribution in [0, 0.1) is 0 Å². The number of unbranched alkanes of at least 4 members (excludes halogenated alkanes) is 3. The van der Waals surface area contributed by atoms with Gasteiger partial charge in [-0.2, -0.15) is 0 Å². The third kappa shape index (κ3) is 4.40. The molecule has 2 rings (SSSR count). The minimum atomic E-state index is -0.836. The molecule has 7 nitrogen and oxygen atoms in total. The zero-order valence-corrected chi connectivity index (χ0v) is 13.3. The van der Waals surface area contributed by atoms with E-state index >= 15 is 0 Å². The number of aromatic nitrogens is 2. The number of hydrogen-bond donors (Lipinski definition) is 3. The topological polar surface area (TPSA) is 105 Å². The third-order valence-electron chi connectivity index (χ3n) is 3.96. The summed E-state index contributed by atoms with van der Waals surface area (Å²) in [5, 5.41) is 18.9. The molecule has 0 spiro atoms. The van der Waals surface area contributed by atoms with Crippen molar-refractivity contribution in [3.8, 4) is 0 Å². The largest absolute Gasteiger partial charge is 0.394 e. The molecule has 0 saturated carbocycles. The van der Waals surface area contributed by atoms with Crippen molar-refractivity contribution in [2.24, 2.45) is 0 Å². The minimum Gasteiger partial charge on any atom is -0.394 e. The van der Waals surface area contributed by atoms with Crippen molar-refractivity contribution >= 4 is 6.08 Å². The number of aliphatic hydroxyl groups is 2. The van der Waals surface area contributed by atoms with Crippen LogP contribution in [0.3, 0.4) is 0 Å². The predicted molar refractivity (Wildman–Crippen MR) is 86.1 cm³/mol. The van der Waals surface area contributed by atoms with E-state index in [1.807, 2.05) is 6.08 Å². The summed E-state index contributed by atoms with van der Waals surface area (Å²) in [6.45, 7) is 1.81. The lowest BCUT2D eigenvalue weighted by molar-refractivity contribution is -0.0459. The number of aliphatic hydroxyl groups excluding tert-OH is 2. The van der Waals surface area contributed by atoms with E-state index in [4.69, 9.17) is 9.84 Å². The van der Waals surface area contributed by atoms with Crippen molar-refractivity contribution in [2.45, 2.75) is 57.5 Å². The Labute approximate surface area is 134 Å². The molecule has 1 aliphatic rings. The summed E-state index contributed by atoms with van der Waals surface area (Å²) in [6.07, 6.45) is 7.19. The summed E-state index contributed by atoms with van der Waals surface area (Å²) >= 11 is 0. The van der Waals surface area contributed by atoms with Crippen LogP contribution in [0.25, 0.3) is 6.08 Å². The molecule has 1 aliphatic heterocycles.